The van der Waals surface area contributed by atoms with Crippen LogP contribution in [0.3, 0.4) is 0 Å². The van der Waals surface area contributed by atoms with Crippen molar-refractivity contribution in [1.29, 1.82) is 0 Å². The maximum atomic E-state index is 12.9. The molecule has 2 aromatic heterocycles. The largest absolute Gasteiger partial charge is 0.481 e. The molecule has 0 atom stereocenters. The fourth-order valence-electron chi connectivity index (χ4n) is 2.61. The number of pyridine rings is 1. The van der Waals surface area contributed by atoms with Gasteiger partial charge < -0.3 is 9.47 Å². The SMILES string of the molecule is COC(=O)c1ccc(Cn2c(-c3ccccc3)ncc(OCC(F)F)c2=O)nc1. The molecule has 9 heteroatoms. The summed E-state index contributed by atoms with van der Waals surface area (Å²) >= 11 is 0. The zero-order valence-electron chi connectivity index (χ0n) is 15.4. The summed E-state index contributed by atoms with van der Waals surface area (Å²) in [6, 6.07) is 12.0. The van der Waals surface area contributed by atoms with Crippen molar-refractivity contribution >= 4 is 5.97 Å². The lowest BCUT2D eigenvalue weighted by Gasteiger charge is -2.14. The summed E-state index contributed by atoms with van der Waals surface area (Å²) in [4.78, 5) is 32.8. The Morgan fingerprint density at radius 2 is 1.86 bits per heavy atom. The molecule has 0 aliphatic heterocycles. The van der Waals surface area contributed by atoms with Gasteiger partial charge in [0.1, 0.15) is 12.4 Å². The first-order valence-electron chi connectivity index (χ1n) is 8.59. The van der Waals surface area contributed by atoms with Crippen LogP contribution < -0.4 is 10.3 Å². The van der Waals surface area contributed by atoms with Crippen molar-refractivity contribution in [2.45, 2.75) is 13.0 Å². The van der Waals surface area contributed by atoms with Crippen LogP contribution in [0.4, 0.5) is 8.78 Å². The molecule has 150 valence electrons. The first-order chi connectivity index (χ1) is 14.0. The quantitative estimate of drug-likeness (QED) is 0.566. The van der Waals surface area contributed by atoms with E-state index in [1.807, 2.05) is 6.07 Å². The number of hydrogen-bond acceptors (Lipinski definition) is 6. The molecule has 0 fully saturated rings. The van der Waals surface area contributed by atoms with E-state index in [2.05, 4.69) is 14.7 Å². The third-order valence-electron chi connectivity index (χ3n) is 3.98. The number of hydrogen-bond donors (Lipinski definition) is 0. The molecule has 0 amide bonds. The molecule has 29 heavy (non-hydrogen) atoms. The van der Waals surface area contributed by atoms with Crippen molar-refractivity contribution in [2.24, 2.45) is 0 Å². The Morgan fingerprint density at radius 1 is 1.10 bits per heavy atom. The smallest absolute Gasteiger partial charge is 0.339 e. The summed E-state index contributed by atoms with van der Waals surface area (Å²) in [5, 5.41) is 0. The second kappa shape index (κ2) is 9.05. The van der Waals surface area contributed by atoms with E-state index >= 15 is 0 Å². The Kier molecular flexibility index (Phi) is 6.28. The molecule has 3 rings (SSSR count). The van der Waals surface area contributed by atoms with E-state index in [0.717, 1.165) is 6.20 Å². The normalized spacial score (nSPS) is 10.8. The predicted octanol–water partition coefficient (Wildman–Crippen LogP) is 2.78. The maximum absolute atomic E-state index is 12.9. The van der Waals surface area contributed by atoms with Crippen molar-refractivity contribution in [3.05, 3.63) is 76.5 Å². The Labute approximate surface area is 164 Å². The van der Waals surface area contributed by atoms with Crippen molar-refractivity contribution in [3.63, 3.8) is 0 Å². The molecule has 3 aromatic rings. The van der Waals surface area contributed by atoms with Crippen molar-refractivity contribution in [2.75, 3.05) is 13.7 Å². The number of rotatable bonds is 7. The summed E-state index contributed by atoms with van der Waals surface area (Å²) in [6.07, 6.45) is -0.250. The van der Waals surface area contributed by atoms with E-state index in [1.54, 1.807) is 30.3 Å². The van der Waals surface area contributed by atoms with E-state index in [0.29, 0.717) is 17.1 Å². The molecular formula is C20H17F2N3O4. The zero-order valence-corrected chi connectivity index (χ0v) is 15.4. The number of methoxy groups -OCH3 is 1. The highest BCUT2D eigenvalue weighted by Crippen LogP contribution is 2.18. The first kappa shape index (κ1) is 20.1. The molecule has 0 N–H and O–H groups in total. The number of esters is 1. The minimum atomic E-state index is -2.72. The van der Waals surface area contributed by atoms with Crippen LogP contribution in [0.25, 0.3) is 11.4 Å². The highest BCUT2D eigenvalue weighted by atomic mass is 19.3. The zero-order chi connectivity index (χ0) is 20.8. The Balaban J connectivity index is 2.00. The van der Waals surface area contributed by atoms with E-state index < -0.39 is 24.6 Å². The monoisotopic (exact) mass is 401 g/mol. The molecule has 1 aromatic carbocycles. The van der Waals surface area contributed by atoms with Crippen molar-refractivity contribution in [1.82, 2.24) is 14.5 Å². The topological polar surface area (TPSA) is 83.3 Å². The number of aromatic nitrogens is 3. The fourth-order valence-corrected chi connectivity index (χ4v) is 2.61. The van der Waals surface area contributed by atoms with E-state index in [-0.39, 0.29) is 17.9 Å². The van der Waals surface area contributed by atoms with Crippen LogP contribution >= 0.6 is 0 Å². The van der Waals surface area contributed by atoms with E-state index in [1.165, 1.54) is 23.9 Å². The second-order valence-electron chi connectivity index (χ2n) is 5.94. The molecular weight excluding hydrogens is 384 g/mol. The van der Waals surface area contributed by atoms with Gasteiger partial charge in [0.2, 0.25) is 5.75 Å². The van der Waals surface area contributed by atoms with Crippen LogP contribution in [-0.4, -0.2) is 40.6 Å². The Morgan fingerprint density at radius 3 is 2.48 bits per heavy atom. The van der Waals surface area contributed by atoms with Gasteiger partial charge in [-0.05, 0) is 12.1 Å². The fraction of sp³-hybridized carbons (Fsp3) is 0.200. The molecule has 0 unspecified atom stereocenters. The maximum Gasteiger partial charge on any atom is 0.339 e. The van der Waals surface area contributed by atoms with Crippen molar-refractivity contribution < 1.29 is 23.0 Å². The predicted molar refractivity (Wildman–Crippen MR) is 100 cm³/mol. The third-order valence-corrected chi connectivity index (χ3v) is 3.98. The summed E-state index contributed by atoms with van der Waals surface area (Å²) in [5.41, 5.74) is 0.776. The van der Waals surface area contributed by atoms with E-state index in [9.17, 15) is 18.4 Å². The molecule has 0 aliphatic rings. The van der Waals surface area contributed by atoms with Crippen LogP contribution in [0, 0.1) is 0 Å². The van der Waals surface area contributed by atoms with Crippen LogP contribution in [0.2, 0.25) is 0 Å². The Hall–Kier alpha value is -3.62. The molecule has 0 radical (unpaired) electrons. The van der Waals surface area contributed by atoms with E-state index in [4.69, 9.17) is 4.74 Å². The van der Waals surface area contributed by atoms with Gasteiger partial charge in [-0.3, -0.25) is 14.3 Å². The van der Waals surface area contributed by atoms with Gasteiger partial charge >= 0.3 is 5.97 Å². The molecule has 0 saturated heterocycles. The lowest BCUT2D eigenvalue weighted by atomic mass is 10.2. The summed E-state index contributed by atoms with van der Waals surface area (Å²) in [6.45, 7) is -0.906. The molecule has 0 saturated carbocycles. The number of nitrogens with zero attached hydrogens (tertiary/aromatic N) is 3. The van der Waals surface area contributed by atoms with Crippen molar-refractivity contribution in [3.8, 4) is 17.1 Å². The average Bonchev–Trinajstić information content (AvgIpc) is 2.74. The highest BCUT2D eigenvalue weighted by molar-refractivity contribution is 5.88. The molecule has 0 aliphatic carbocycles. The molecule has 0 bridgehead atoms. The summed E-state index contributed by atoms with van der Waals surface area (Å²) < 4.78 is 35.8. The number of alkyl halides is 2. The average molecular weight is 401 g/mol. The molecule has 7 nitrogen and oxygen atoms in total. The molecule has 2 heterocycles. The summed E-state index contributed by atoms with van der Waals surface area (Å²) in [5.74, 6) is -0.481. The van der Waals surface area contributed by atoms with Gasteiger partial charge in [-0.15, -0.1) is 0 Å². The van der Waals surface area contributed by atoms with Gasteiger partial charge in [0.15, 0.2) is 0 Å². The van der Waals surface area contributed by atoms with Gasteiger partial charge in [0.25, 0.3) is 12.0 Å². The van der Waals surface area contributed by atoms with Crippen LogP contribution in [-0.2, 0) is 11.3 Å². The first-order valence-corrected chi connectivity index (χ1v) is 8.59. The highest BCUT2D eigenvalue weighted by Gasteiger charge is 2.16. The lowest BCUT2D eigenvalue weighted by Crippen LogP contribution is -2.26. The number of carbonyl (C=O) groups excluding carboxylic acids is 1. The van der Waals surface area contributed by atoms with Gasteiger partial charge in [0.05, 0.1) is 31.1 Å². The standard InChI is InChI=1S/C20H17F2N3O4/c1-28-20(27)14-7-8-15(23-9-14)11-25-18(13-5-3-2-4-6-13)24-10-16(19(25)26)29-12-17(21)22/h2-10,17H,11-12H2,1H3. The van der Waals surface area contributed by atoms with Gasteiger partial charge in [-0.25, -0.2) is 18.6 Å². The minimum Gasteiger partial charge on any atom is -0.481 e. The minimum absolute atomic E-state index is 0.00337. The van der Waals surface area contributed by atoms with Crippen LogP contribution in [0.1, 0.15) is 16.1 Å². The number of carbonyl (C=O) groups is 1. The molecule has 0 spiro atoms. The summed E-state index contributed by atoms with van der Waals surface area (Å²) in [7, 11) is 1.26. The van der Waals surface area contributed by atoms with Crippen LogP contribution in [0.5, 0.6) is 5.75 Å². The number of ether oxygens (including phenoxy) is 2. The second-order valence-corrected chi connectivity index (χ2v) is 5.94. The van der Waals surface area contributed by atoms with Gasteiger partial charge in [-0.1, -0.05) is 30.3 Å². The number of halogens is 2. The van der Waals surface area contributed by atoms with Gasteiger partial charge in [-0.2, -0.15) is 0 Å². The van der Waals surface area contributed by atoms with Gasteiger partial charge in [0, 0.05) is 11.8 Å². The van der Waals surface area contributed by atoms with Crippen LogP contribution in [0.15, 0.2) is 59.7 Å². The Bertz CT molecular complexity index is 1040. The lowest BCUT2D eigenvalue weighted by molar-refractivity contribution is 0.0600. The number of benzene rings is 1. The third kappa shape index (κ3) is 4.81.